The largest absolute Gasteiger partial charge is 0.491 e. The molecule has 0 saturated carbocycles. The zero-order valence-electron chi connectivity index (χ0n) is 17.2. The molecular formula is C23H33N3O2. The molecule has 0 aliphatic carbocycles. The molecule has 0 aliphatic heterocycles. The minimum Gasteiger partial charge on any atom is -0.491 e. The number of nitrogens with one attached hydrogen (secondary N) is 2. The van der Waals surface area contributed by atoms with Crippen LogP contribution in [0.5, 0.6) is 5.75 Å². The molecular weight excluding hydrogens is 350 g/mol. The molecule has 152 valence electrons. The molecule has 2 aromatic rings. The summed E-state index contributed by atoms with van der Waals surface area (Å²) >= 11 is 0. The molecule has 5 nitrogen and oxygen atoms in total. The number of rotatable bonds is 10. The van der Waals surface area contributed by atoms with Gasteiger partial charge in [-0.1, -0.05) is 42.5 Å². The standard InChI is InChI=1S/C23H33N3O2/c1-4-24-23(26-16-21(17-27)20-8-6-5-7-9-20)25-15-14-19-10-12-22(13-11-19)28-18(2)3/h5-13,18,21,27H,4,14-17H2,1-3H3,(H2,24,25,26). The van der Waals surface area contributed by atoms with Crippen LogP contribution in [0, 0.1) is 0 Å². The van der Waals surface area contributed by atoms with E-state index in [0.29, 0.717) is 6.54 Å². The van der Waals surface area contributed by atoms with Gasteiger partial charge >= 0.3 is 0 Å². The van der Waals surface area contributed by atoms with E-state index in [1.54, 1.807) is 0 Å². The maximum atomic E-state index is 9.70. The van der Waals surface area contributed by atoms with Gasteiger partial charge in [-0.05, 0) is 50.5 Å². The lowest BCUT2D eigenvalue weighted by Gasteiger charge is -2.15. The number of aliphatic hydroxyl groups excluding tert-OH is 1. The van der Waals surface area contributed by atoms with Crippen molar-refractivity contribution in [2.24, 2.45) is 4.99 Å². The van der Waals surface area contributed by atoms with E-state index in [1.165, 1.54) is 5.56 Å². The van der Waals surface area contributed by atoms with Crippen molar-refractivity contribution in [1.29, 1.82) is 0 Å². The Morgan fingerprint density at radius 3 is 2.36 bits per heavy atom. The Labute approximate surface area is 168 Å². The summed E-state index contributed by atoms with van der Waals surface area (Å²) in [6.07, 6.45) is 1.08. The number of ether oxygens (including phenoxy) is 1. The number of hydrogen-bond acceptors (Lipinski definition) is 3. The summed E-state index contributed by atoms with van der Waals surface area (Å²) < 4.78 is 5.68. The second-order valence-electron chi connectivity index (χ2n) is 7.00. The van der Waals surface area contributed by atoms with Crippen molar-refractivity contribution in [2.75, 3.05) is 26.2 Å². The molecule has 28 heavy (non-hydrogen) atoms. The van der Waals surface area contributed by atoms with Gasteiger partial charge < -0.3 is 20.5 Å². The third-order valence-electron chi connectivity index (χ3n) is 4.31. The topological polar surface area (TPSA) is 65.9 Å². The molecule has 3 N–H and O–H groups in total. The highest BCUT2D eigenvalue weighted by atomic mass is 16.5. The highest BCUT2D eigenvalue weighted by Crippen LogP contribution is 2.15. The Balaban J connectivity index is 1.87. The van der Waals surface area contributed by atoms with Crippen molar-refractivity contribution in [3.63, 3.8) is 0 Å². The number of aliphatic imine (C=N–C) groups is 1. The first-order valence-electron chi connectivity index (χ1n) is 10.1. The van der Waals surface area contributed by atoms with Gasteiger partial charge in [-0.15, -0.1) is 0 Å². The van der Waals surface area contributed by atoms with Gasteiger partial charge in [0.1, 0.15) is 5.75 Å². The van der Waals surface area contributed by atoms with Gasteiger partial charge in [0, 0.05) is 19.0 Å². The van der Waals surface area contributed by atoms with Crippen LogP contribution in [0.4, 0.5) is 0 Å². The maximum Gasteiger partial charge on any atom is 0.191 e. The fraction of sp³-hybridized carbons (Fsp3) is 0.435. The lowest BCUT2D eigenvalue weighted by molar-refractivity contribution is 0.242. The zero-order valence-corrected chi connectivity index (χ0v) is 17.2. The van der Waals surface area contributed by atoms with E-state index in [9.17, 15) is 5.11 Å². The van der Waals surface area contributed by atoms with Gasteiger partial charge in [-0.3, -0.25) is 4.99 Å². The zero-order chi connectivity index (χ0) is 20.2. The summed E-state index contributed by atoms with van der Waals surface area (Å²) in [5, 5.41) is 16.3. The van der Waals surface area contributed by atoms with E-state index < -0.39 is 0 Å². The number of nitrogens with zero attached hydrogens (tertiary/aromatic N) is 1. The Bertz CT molecular complexity index is 700. The van der Waals surface area contributed by atoms with Crippen LogP contribution in [-0.2, 0) is 6.42 Å². The van der Waals surface area contributed by atoms with Gasteiger partial charge in [0.05, 0.1) is 19.3 Å². The van der Waals surface area contributed by atoms with E-state index in [2.05, 4.69) is 27.8 Å². The van der Waals surface area contributed by atoms with Crippen molar-refractivity contribution in [3.05, 3.63) is 65.7 Å². The Hall–Kier alpha value is -2.53. The van der Waals surface area contributed by atoms with Crippen molar-refractivity contribution in [2.45, 2.75) is 39.2 Å². The van der Waals surface area contributed by atoms with Crippen LogP contribution in [0.1, 0.15) is 37.8 Å². The van der Waals surface area contributed by atoms with Crippen molar-refractivity contribution >= 4 is 5.96 Å². The van der Waals surface area contributed by atoms with Gasteiger partial charge in [0.2, 0.25) is 0 Å². The monoisotopic (exact) mass is 383 g/mol. The van der Waals surface area contributed by atoms with E-state index in [0.717, 1.165) is 36.8 Å². The quantitative estimate of drug-likeness (QED) is 0.435. The molecule has 0 spiro atoms. The molecule has 2 rings (SSSR count). The van der Waals surface area contributed by atoms with Crippen LogP contribution in [-0.4, -0.2) is 43.4 Å². The Morgan fingerprint density at radius 2 is 1.75 bits per heavy atom. The van der Waals surface area contributed by atoms with Crippen molar-refractivity contribution < 1.29 is 9.84 Å². The molecule has 1 unspecified atom stereocenters. The average Bonchev–Trinajstić information content (AvgIpc) is 2.70. The highest BCUT2D eigenvalue weighted by molar-refractivity contribution is 5.79. The van der Waals surface area contributed by atoms with Crippen LogP contribution in [0.3, 0.4) is 0 Å². The molecule has 0 bridgehead atoms. The molecule has 0 radical (unpaired) electrons. The summed E-state index contributed by atoms with van der Waals surface area (Å²) in [5.74, 6) is 1.68. The second kappa shape index (κ2) is 12.0. The van der Waals surface area contributed by atoms with Crippen LogP contribution >= 0.6 is 0 Å². The van der Waals surface area contributed by atoms with E-state index >= 15 is 0 Å². The second-order valence-corrected chi connectivity index (χ2v) is 7.00. The molecule has 0 amide bonds. The van der Waals surface area contributed by atoms with Gasteiger partial charge in [0.25, 0.3) is 0 Å². The van der Waals surface area contributed by atoms with E-state index in [4.69, 9.17) is 4.74 Å². The number of guanidine groups is 1. The van der Waals surface area contributed by atoms with Crippen molar-refractivity contribution in [3.8, 4) is 5.75 Å². The molecule has 0 fully saturated rings. The maximum absolute atomic E-state index is 9.70. The SMILES string of the molecule is CCNC(=NCC(CO)c1ccccc1)NCCc1ccc(OC(C)C)cc1. The number of aliphatic hydroxyl groups is 1. The van der Waals surface area contributed by atoms with E-state index in [-0.39, 0.29) is 18.6 Å². The van der Waals surface area contributed by atoms with Crippen LogP contribution < -0.4 is 15.4 Å². The lowest BCUT2D eigenvalue weighted by Crippen LogP contribution is -2.38. The first kappa shape index (κ1) is 21.8. The summed E-state index contributed by atoms with van der Waals surface area (Å²) in [5.41, 5.74) is 2.35. The van der Waals surface area contributed by atoms with Crippen molar-refractivity contribution in [1.82, 2.24) is 10.6 Å². The number of benzene rings is 2. The predicted molar refractivity (Wildman–Crippen MR) is 116 cm³/mol. The normalized spacial score (nSPS) is 12.7. The highest BCUT2D eigenvalue weighted by Gasteiger charge is 2.10. The van der Waals surface area contributed by atoms with Gasteiger partial charge in [-0.25, -0.2) is 0 Å². The molecule has 0 aromatic heterocycles. The predicted octanol–water partition coefficient (Wildman–Crippen LogP) is 3.35. The van der Waals surface area contributed by atoms with E-state index in [1.807, 2.05) is 63.2 Å². The first-order chi connectivity index (χ1) is 13.6. The molecule has 0 heterocycles. The number of hydrogen-bond donors (Lipinski definition) is 3. The summed E-state index contributed by atoms with van der Waals surface area (Å²) in [6, 6.07) is 18.2. The minimum absolute atomic E-state index is 0.00478. The first-order valence-corrected chi connectivity index (χ1v) is 10.1. The summed E-state index contributed by atoms with van der Waals surface area (Å²) in [6.45, 7) is 8.30. The molecule has 1 atom stereocenters. The summed E-state index contributed by atoms with van der Waals surface area (Å²) in [4.78, 5) is 4.65. The fourth-order valence-electron chi connectivity index (χ4n) is 2.87. The molecule has 5 heteroatoms. The average molecular weight is 384 g/mol. The van der Waals surface area contributed by atoms with Gasteiger partial charge in [0.15, 0.2) is 5.96 Å². The molecule has 2 aromatic carbocycles. The fourth-order valence-corrected chi connectivity index (χ4v) is 2.87. The molecule has 0 aliphatic rings. The summed E-state index contributed by atoms with van der Waals surface area (Å²) in [7, 11) is 0. The third-order valence-corrected chi connectivity index (χ3v) is 4.31. The van der Waals surface area contributed by atoms with Crippen LogP contribution in [0.25, 0.3) is 0 Å². The van der Waals surface area contributed by atoms with Gasteiger partial charge in [-0.2, -0.15) is 0 Å². The molecule has 0 saturated heterocycles. The Morgan fingerprint density at radius 1 is 1.04 bits per heavy atom. The van der Waals surface area contributed by atoms with Crippen LogP contribution in [0.15, 0.2) is 59.6 Å². The van der Waals surface area contributed by atoms with Crippen LogP contribution in [0.2, 0.25) is 0 Å². The smallest absolute Gasteiger partial charge is 0.191 e. The minimum atomic E-state index is 0.00478. The Kier molecular flexibility index (Phi) is 9.35. The third kappa shape index (κ3) is 7.61. The lowest BCUT2D eigenvalue weighted by atomic mass is 10.0.